The number of amides is 1. The molecule has 9 heteroatoms. The normalized spacial score (nSPS) is 11.9. The highest BCUT2D eigenvalue weighted by atomic mass is 32.2. The zero-order chi connectivity index (χ0) is 20.2. The predicted octanol–water partition coefficient (Wildman–Crippen LogP) is 3.67. The lowest BCUT2D eigenvalue weighted by molar-refractivity contribution is -0.137. The van der Waals surface area contributed by atoms with Gasteiger partial charge < -0.3 is 5.32 Å². The van der Waals surface area contributed by atoms with Crippen molar-refractivity contribution < 1.29 is 26.4 Å². The van der Waals surface area contributed by atoms with E-state index in [1.54, 1.807) is 24.3 Å². The summed E-state index contributed by atoms with van der Waals surface area (Å²) in [7, 11) is -3.81. The molecule has 0 bridgehead atoms. The van der Waals surface area contributed by atoms with Crippen LogP contribution in [-0.2, 0) is 27.4 Å². The molecule has 0 heterocycles. The topological polar surface area (TPSA) is 66.5 Å². The molecule has 0 spiro atoms. The summed E-state index contributed by atoms with van der Waals surface area (Å²) in [5, 5.41) is 2.15. The molecule has 0 fully saturated rings. The first-order valence-electron chi connectivity index (χ1n) is 8.05. The quantitative estimate of drug-likeness (QED) is 0.805. The fourth-order valence-electron chi connectivity index (χ4n) is 2.46. The van der Waals surface area contributed by atoms with Gasteiger partial charge in [-0.25, -0.2) is 8.42 Å². The van der Waals surface area contributed by atoms with Crippen LogP contribution in [0.1, 0.15) is 18.1 Å². The Morgan fingerprint density at radius 1 is 1.07 bits per heavy atom. The van der Waals surface area contributed by atoms with E-state index >= 15 is 0 Å². The molecule has 0 aliphatic rings. The Kier molecular flexibility index (Phi) is 6.15. The molecule has 0 atom stereocenters. The Hall–Kier alpha value is -2.55. The van der Waals surface area contributed by atoms with Crippen LogP contribution >= 0.6 is 0 Å². The molecule has 0 aliphatic carbocycles. The van der Waals surface area contributed by atoms with Gasteiger partial charge in [-0.1, -0.05) is 31.2 Å². The van der Waals surface area contributed by atoms with Crippen molar-refractivity contribution >= 4 is 27.3 Å². The van der Waals surface area contributed by atoms with Crippen LogP contribution in [0, 0.1) is 0 Å². The van der Waals surface area contributed by atoms with Crippen LogP contribution < -0.4 is 9.62 Å². The molecule has 1 amide bonds. The summed E-state index contributed by atoms with van der Waals surface area (Å²) >= 11 is 0. The van der Waals surface area contributed by atoms with Crippen molar-refractivity contribution in [1.29, 1.82) is 0 Å². The lowest BCUT2D eigenvalue weighted by atomic mass is 10.1. The number of halogens is 3. The van der Waals surface area contributed by atoms with Crippen molar-refractivity contribution in [3.8, 4) is 0 Å². The van der Waals surface area contributed by atoms with E-state index in [-0.39, 0.29) is 5.69 Å². The second-order valence-corrected chi connectivity index (χ2v) is 7.79. The average Bonchev–Trinajstić information content (AvgIpc) is 2.58. The second kappa shape index (κ2) is 7.99. The lowest BCUT2D eigenvalue weighted by Gasteiger charge is -2.22. The van der Waals surface area contributed by atoms with Gasteiger partial charge in [-0.3, -0.25) is 9.10 Å². The van der Waals surface area contributed by atoms with Crippen molar-refractivity contribution in [3.63, 3.8) is 0 Å². The third-order valence-electron chi connectivity index (χ3n) is 3.83. The number of sulfonamides is 1. The van der Waals surface area contributed by atoms with Gasteiger partial charge in [0.05, 0.1) is 23.2 Å². The first-order chi connectivity index (χ1) is 12.5. The molecule has 2 aromatic rings. The van der Waals surface area contributed by atoms with Crippen LogP contribution in [-0.4, -0.2) is 27.1 Å². The van der Waals surface area contributed by atoms with Crippen LogP contribution in [0.3, 0.4) is 0 Å². The van der Waals surface area contributed by atoms with Crippen molar-refractivity contribution in [2.24, 2.45) is 0 Å². The van der Waals surface area contributed by atoms with Gasteiger partial charge in [0.1, 0.15) is 6.54 Å². The number of benzene rings is 2. The fraction of sp³-hybridized carbons (Fsp3) is 0.278. The first-order valence-corrected chi connectivity index (χ1v) is 9.90. The molecular weight excluding hydrogens is 381 g/mol. The smallest absolute Gasteiger partial charge is 0.324 e. The number of nitrogens with zero attached hydrogens (tertiary/aromatic N) is 1. The monoisotopic (exact) mass is 400 g/mol. The van der Waals surface area contributed by atoms with Crippen LogP contribution in [0.5, 0.6) is 0 Å². The van der Waals surface area contributed by atoms with E-state index in [1.807, 2.05) is 6.92 Å². The summed E-state index contributed by atoms with van der Waals surface area (Å²) < 4.78 is 64.1. The number of rotatable bonds is 6. The third kappa shape index (κ3) is 5.46. The number of nitrogens with one attached hydrogen (secondary N) is 1. The van der Waals surface area contributed by atoms with Crippen molar-refractivity contribution in [2.45, 2.75) is 19.5 Å². The Bertz CT molecular complexity index is 910. The van der Waals surface area contributed by atoms with Gasteiger partial charge in [0, 0.05) is 0 Å². The largest absolute Gasteiger partial charge is 0.418 e. The minimum Gasteiger partial charge on any atom is -0.324 e. The summed E-state index contributed by atoms with van der Waals surface area (Å²) in [6, 6.07) is 11.1. The molecule has 2 aromatic carbocycles. The fourth-order valence-corrected chi connectivity index (χ4v) is 3.31. The van der Waals surface area contributed by atoms with Crippen molar-refractivity contribution in [3.05, 3.63) is 59.7 Å². The molecular formula is C18H19F3N2O3S. The second-order valence-electron chi connectivity index (χ2n) is 5.88. The van der Waals surface area contributed by atoms with E-state index in [0.717, 1.165) is 34.7 Å². The number of hydrogen-bond donors (Lipinski definition) is 1. The number of carbonyl (C=O) groups is 1. The van der Waals surface area contributed by atoms with E-state index in [4.69, 9.17) is 0 Å². The number of para-hydroxylation sites is 1. The highest BCUT2D eigenvalue weighted by Gasteiger charge is 2.33. The maximum atomic E-state index is 13.0. The van der Waals surface area contributed by atoms with Crippen molar-refractivity contribution in [2.75, 3.05) is 22.4 Å². The molecule has 0 unspecified atom stereocenters. The van der Waals surface area contributed by atoms with Gasteiger partial charge >= 0.3 is 6.18 Å². The molecule has 0 saturated heterocycles. The van der Waals surface area contributed by atoms with E-state index in [0.29, 0.717) is 0 Å². The summed E-state index contributed by atoms with van der Waals surface area (Å²) in [5.74, 6) is -0.878. The van der Waals surface area contributed by atoms with E-state index in [1.165, 1.54) is 12.1 Å². The van der Waals surface area contributed by atoms with Crippen molar-refractivity contribution in [1.82, 2.24) is 0 Å². The Labute approximate surface area is 155 Å². The molecule has 0 aromatic heterocycles. The number of carbonyl (C=O) groups excluding carboxylic acids is 1. The van der Waals surface area contributed by atoms with E-state index in [9.17, 15) is 26.4 Å². The molecule has 27 heavy (non-hydrogen) atoms. The van der Waals surface area contributed by atoms with Gasteiger partial charge in [0.2, 0.25) is 15.9 Å². The van der Waals surface area contributed by atoms with Gasteiger partial charge in [0.25, 0.3) is 0 Å². The van der Waals surface area contributed by atoms with Gasteiger partial charge in [-0.2, -0.15) is 13.2 Å². The van der Waals surface area contributed by atoms with Crippen LogP contribution in [0.4, 0.5) is 24.5 Å². The SMILES string of the molecule is CCc1ccc(N(CC(=O)Nc2ccccc2C(F)(F)F)S(C)(=O)=O)cc1. The Balaban J connectivity index is 2.25. The molecule has 0 aliphatic heterocycles. The summed E-state index contributed by atoms with van der Waals surface area (Å²) in [6.07, 6.45) is -2.96. The molecule has 146 valence electrons. The van der Waals surface area contributed by atoms with Crippen LogP contribution in [0.2, 0.25) is 0 Å². The third-order valence-corrected chi connectivity index (χ3v) is 4.97. The van der Waals surface area contributed by atoms with Crippen LogP contribution in [0.25, 0.3) is 0 Å². The number of aryl methyl sites for hydroxylation is 1. The summed E-state index contributed by atoms with van der Waals surface area (Å²) in [5.41, 5.74) is -0.189. The highest BCUT2D eigenvalue weighted by molar-refractivity contribution is 7.92. The first kappa shape index (κ1) is 20.8. The molecule has 0 saturated carbocycles. The average molecular weight is 400 g/mol. The van der Waals surface area contributed by atoms with Gasteiger partial charge in [0.15, 0.2) is 0 Å². The maximum absolute atomic E-state index is 13.0. The molecule has 5 nitrogen and oxygen atoms in total. The van der Waals surface area contributed by atoms with Gasteiger partial charge in [-0.05, 0) is 36.2 Å². The minimum atomic E-state index is -4.64. The van der Waals surface area contributed by atoms with Crippen LogP contribution in [0.15, 0.2) is 48.5 Å². The Morgan fingerprint density at radius 3 is 2.19 bits per heavy atom. The zero-order valence-corrected chi connectivity index (χ0v) is 15.6. The molecule has 2 rings (SSSR count). The van der Waals surface area contributed by atoms with E-state index in [2.05, 4.69) is 5.32 Å². The van der Waals surface area contributed by atoms with Gasteiger partial charge in [-0.15, -0.1) is 0 Å². The number of hydrogen-bond acceptors (Lipinski definition) is 3. The zero-order valence-electron chi connectivity index (χ0n) is 14.7. The Morgan fingerprint density at radius 2 is 1.67 bits per heavy atom. The number of alkyl halides is 3. The highest BCUT2D eigenvalue weighted by Crippen LogP contribution is 2.34. The lowest BCUT2D eigenvalue weighted by Crippen LogP contribution is -2.37. The van der Waals surface area contributed by atoms with E-state index < -0.39 is 39.9 Å². The standard InChI is InChI=1S/C18H19F3N2O3S/c1-3-13-8-10-14(11-9-13)23(27(2,25)26)12-17(24)22-16-7-5-4-6-15(16)18(19,20)21/h4-11H,3,12H2,1-2H3,(H,22,24). The summed E-state index contributed by atoms with van der Waals surface area (Å²) in [4.78, 5) is 12.3. The summed E-state index contributed by atoms with van der Waals surface area (Å²) in [6.45, 7) is 1.30. The minimum absolute atomic E-state index is 0.258. The molecule has 0 radical (unpaired) electrons. The molecule has 1 N–H and O–H groups in total. The number of anilines is 2. The maximum Gasteiger partial charge on any atom is 0.418 e. The predicted molar refractivity (Wildman–Crippen MR) is 98.1 cm³/mol.